The minimum Gasteiger partial charge on any atom is -0.322 e. The zero-order chi connectivity index (χ0) is 21.1. The fraction of sp³-hybridized carbons (Fsp3) is 0.182. The largest absolute Gasteiger partial charge is 0.322 e. The summed E-state index contributed by atoms with van der Waals surface area (Å²) in [6.45, 7) is 0.432. The van der Waals surface area contributed by atoms with E-state index in [-0.39, 0.29) is 22.1 Å². The van der Waals surface area contributed by atoms with Crippen molar-refractivity contribution >= 4 is 21.6 Å². The van der Waals surface area contributed by atoms with E-state index in [0.29, 0.717) is 12.2 Å². The molecule has 4 rings (SSSR count). The van der Waals surface area contributed by atoms with Crippen molar-refractivity contribution in [3.63, 3.8) is 0 Å². The number of anilines is 1. The van der Waals surface area contributed by atoms with Crippen molar-refractivity contribution in [2.24, 2.45) is 0 Å². The van der Waals surface area contributed by atoms with E-state index in [0.717, 1.165) is 18.4 Å². The Balaban J connectivity index is 1.44. The minimum absolute atomic E-state index is 0.00209. The standard InChI is InChI=1S/C22H21N3O4S/c26-21-6-1-2-13-25(21)15-16-7-9-18(10-8-16)23-22(27)17-4-3-5-20(14-17)30(28,29)24-19-11-12-19/h1-10,13-14,19,24H,11-12,15H2,(H,23,27). The average molecular weight is 423 g/mol. The van der Waals surface area contributed by atoms with Gasteiger partial charge in [0.2, 0.25) is 10.0 Å². The molecule has 0 radical (unpaired) electrons. The number of amides is 1. The van der Waals surface area contributed by atoms with Gasteiger partial charge in [-0.15, -0.1) is 0 Å². The Kier molecular flexibility index (Phi) is 5.52. The summed E-state index contributed by atoms with van der Waals surface area (Å²) >= 11 is 0. The summed E-state index contributed by atoms with van der Waals surface area (Å²) in [5.74, 6) is -0.398. The lowest BCUT2D eigenvalue weighted by Gasteiger charge is -2.10. The molecule has 154 valence electrons. The van der Waals surface area contributed by atoms with E-state index >= 15 is 0 Å². The molecule has 0 unspecified atom stereocenters. The predicted octanol–water partition coefficient (Wildman–Crippen LogP) is 2.59. The number of nitrogens with one attached hydrogen (secondary N) is 2. The van der Waals surface area contributed by atoms with Crippen molar-refractivity contribution in [2.75, 3.05) is 5.32 Å². The molecule has 0 spiro atoms. The Bertz CT molecular complexity index is 1230. The monoisotopic (exact) mass is 423 g/mol. The van der Waals surface area contributed by atoms with E-state index in [1.807, 2.05) is 12.1 Å². The maximum absolute atomic E-state index is 12.6. The summed E-state index contributed by atoms with van der Waals surface area (Å²) in [6, 6.07) is 18.1. The van der Waals surface area contributed by atoms with Gasteiger partial charge in [-0.1, -0.05) is 24.3 Å². The second kappa shape index (κ2) is 8.25. The van der Waals surface area contributed by atoms with E-state index < -0.39 is 15.9 Å². The highest BCUT2D eigenvalue weighted by Crippen LogP contribution is 2.22. The Morgan fingerprint density at radius 3 is 2.47 bits per heavy atom. The molecule has 7 nitrogen and oxygen atoms in total. The highest BCUT2D eigenvalue weighted by Gasteiger charge is 2.28. The molecule has 1 aromatic heterocycles. The van der Waals surface area contributed by atoms with Crippen molar-refractivity contribution in [1.29, 1.82) is 0 Å². The number of pyridine rings is 1. The van der Waals surface area contributed by atoms with Crippen LogP contribution >= 0.6 is 0 Å². The van der Waals surface area contributed by atoms with Gasteiger partial charge >= 0.3 is 0 Å². The fourth-order valence-corrected chi connectivity index (χ4v) is 4.33. The summed E-state index contributed by atoms with van der Waals surface area (Å²) in [7, 11) is -3.62. The molecular weight excluding hydrogens is 402 g/mol. The van der Waals surface area contributed by atoms with Gasteiger partial charge in [0.05, 0.1) is 11.4 Å². The Morgan fingerprint density at radius 2 is 1.77 bits per heavy atom. The highest BCUT2D eigenvalue weighted by molar-refractivity contribution is 7.89. The molecule has 3 aromatic rings. The Hall–Kier alpha value is -3.23. The lowest BCUT2D eigenvalue weighted by atomic mass is 10.1. The van der Waals surface area contributed by atoms with Gasteiger partial charge in [0.1, 0.15) is 0 Å². The number of hydrogen-bond donors (Lipinski definition) is 2. The molecule has 0 atom stereocenters. The third-order valence-electron chi connectivity index (χ3n) is 4.77. The Labute approximate surface area is 174 Å². The van der Waals surface area contributed by atoms with Gasteiger partial charge in [-0.05, 0) is 54.8 Å². The molecular formula is C22H21N3O4S. The van der Waals surface area contributed by atoms with Gasteiger partial charge in [-0.2, -0.15) is 0 Å². The van der Waals surface area contributed by atoms with Crippen molar-refractivity contribution in [3.8, 4) is 0 Å². The topological polar surface area (TPSA) is 97.3 Å². The van der Waals surface area contributed by atoms with Gasteiger partial charge in [0.15, 0.2) is 0 Å². The number of aromatic nitrogens is 1. The number of carbonyl (C=O) groups excluding carboxylic acids is 1. The van der Waals surface area contributed by atoms with E-state index in [2.05, 4.69) is 10.0 Å². The third-order valence-corrected chi connectivity index (χ3v) is 6.29. The van der Waals surface area contributed by atoms with E-state index in [4.69, 9.17) is 0 Å². The fourth-order valence-electron chi connectivity index (χ4n) is 2.98. The van der Waals surface area contributed by atoms with Crippen LogP contribution in [0.3, 0.4) is 0 Å². The molecule has 2 N–H and O–H groups in total. The van der Waals surface area contributed by atoms with Crippen LogP contribution in [0.5, 0.6) is 0 Å². The molecule has 0 aliphatic heterocycles. The van der Waals surface area contributed by atoms with Crippen molar-refractivity contribution in [2.45, 2.75) is 30.3 Å². The summed E-state index contributed by atoms with van der Waals surface area (Å²) in [5.41, 5.74) is 1.67. The molecule has 1 aliphatic rings. The summed E-state index contributed by atoms with van der Waals surface area (Å²) < 4.78 is 28.9. The maximum Gasteiger partial charge on any atom is 0.255 e. The lowest BCUT2D eigenvalue weighted by molar-refractivity contribution is 0.102. The maximum atomic E-state index is 12.6. The van der Waals surface area contributed by atoms with Gasteiger partial charge in [-0.3, -0.25) is 9.59 Å². The number of sulfonamides is 1. The van der Waals surface area contributed by atoms with E-state index in [1.165, 1.54) is 18.2 Å². The quantitative estimate of drug-likeness (QED) is 0.610. The zero-order valence-electron chi connectivity index (χ0n) is 16.1. The number of benzene rings is 2. The summed E-state index contributed by atoms with van der Waals surface area (Å²) in [5, 5.41) is 2.77. The highest BCUT2D eigenvalue weighted by atomic mass is 32.2. The molecule has 1 aliphatic carbocycles. The lowest BCUT2D eigenvalue weighted by Crippen LogP contribution is -2.26. The normalized spacial score (nSPS) is 13.7. The first-order valence-corrected chi connectivity index (χ1v) is 11.1. The smallest absolute Gasteiger partial charge is 0.255 e. The molecule has 0 saturated heterocycles. The Morgan fingerprint density at radius 1 is 1.00 bits per heavy atom. The molecule has 1 saturated carbocycles. The van der Waals surface area contributed by atoms with Crippen molar-refractivity contribution in [3.05, 3.63) is 94.4 Å². The van der Waals surface area contributed by atoms with Crippen molar-refractivity contribution in [1.82, 2.24) is 9.29 Å². The van der Waals surface area contributed by atoms with E-state index in [9.17, 15) is 18.0 Å². The zero-order valence-corrected chi connectivity index (χ0v) is 16.9. The number of rotatable bonds is 7. The van der Waals surface area contributed by atoms with Gasteiger partial charge in [-0.25, -0.2) is 13.1 Å². The molecule has 30 heavy (non-hydrogen) atoms. The van der Waals surface area contributed by atoms with Crippen LogP contribution in [0.2, 0.25) is 0 Å². The van der Waals surface area contributed by atoms with Crippen LogP contribution in [-0.2, 0) is 16.6 Å². The van der Waals surface area contributed by atoms with Crippen LogP contribution < -0.4 is 15.6 Å². The molecule has 1 amide bonds. The summed E-state index contributed by atoms with van der Waals surface area (Å²) in [6.07, 6.45) is 3.40. The average Bonchev–Trinajstić information content (AvgIpc) is 3.54. The van der Waals surface area contributed by atoms with Crippen LogP contribution in [-0.4, -0.2) is 24.9 Å². The molecule has 1 fully saturated rings. The van der Waals surface area contributed by atoms with Crippen LogP contribution in [0.1, 0.15) is 28.8 Å². The molecule has 0 bridgehead atoms. The second-order valence-electron chi connectivity index (χ2n) is 7.24. The van der Waals surface area contributed by atoms with Crippen LogP contribution in [0.25, 0.3) is 0 Å². The molecule has 8 heteroatoms. The first-order valence-electron chi connectivity index (χ1n) is 9.59. The van der Waals surface area contributed by atoms with Crippen molar-refractivity contribution < 1.29 is 13.2 Å². The first-order chi connectivity index (χ1) is 14.4. The molecule has 2 aromatic carbocycles. The number of carbonyl (C=O) groups is 1. The van der Waals surface area contributed by atoms with E-state index in [1.54, 1.807) is 47.2 Å². The number of hydrogen-bond acceptors (Lipinski definition) is 4. The van der Waals surface area contributed by atoms with Crippen LogP contribution in [0.4, 0.5) is 5.69 Å². The van der Waals surface area contributed by atoms with Gasteiger partial charge in [0, 0.05) is 29.6 Å². The predicted molar refractivity (Wildman–Crippen MR) is 114 cm³/mol. The van der Waals surface area contributed by atoms with Crippen LogP contribution in [0, 0.1) is 0 Å². The van der Waals surface area contributed by atoms with Gasteiger partial charge < -0.3 is 9.88 Å². The second-order valence-corrected chi connectivity index (χ2v) is 8.96. The number of nitrogens with zero attached hydrogens (tertiary/aromatic N) is 1. The SMILES string of the molecule is O=C(Nc1ccc(Cn2ccccc2=O)cc1)c1cccc(S(=O)(=O)NC2CC2)c1. The third kappa shape index (κ3) is 4.84. The summed E-state index contributed by atoms with van der Waals surface area (Å²) in [4.78, 5) is 24.5. The first kappa shape index (κ1) is 20.1. The minimum atomic E-state index is -3.62. The van der Waals surface area contributed by atoms with Gasteiger partial charge in [0.25, 0.3) is 11.5 Å². The van der Waals surface area contributed by atoms with Crippen LogP contribution in [0.15, 0.2) is 82.6 Å². The molecule has 1 heterocycles.